The average Bonchev–Trinajstić information content (AvgIpc) is 4.03. The van der Waals surface area contributed by atoms with Crippen molar-refractivity contribution in [1.82, 2.24) is 26.6 Å². The summed E-state index contributed by atoms with van der Waals surface area (Å²) in [6, 6.07) is 5.03. The van der Waals surface area contributed by atoms with Crippen LogP contribution in [0.3, 0.4) is 0 Å². The van der Waals surface area contributed by atoms with E-state index < -0.39 is 11.9 Å². The smallest absolute Gasteiger partial charge is 0.344 e. The van der Waals surface area contributed by atoms with Crippen molar-refractivity contribution >= 4 is 35.6 Å². The second kappa shape index (κ2) is 51.0. The van der Waals surface area contributed by atoms with Crippen LogP contribution >= 0.6 is 11.8 Å². The number of hydrogen-bond acceptors (Lipinski definition) is 23. The molecule has 0 radical (unpaired) electrons. The number of ether oxygens (including phenoxy) is 16. The molecule has 0 aliphatic carbocycles. The monoisotopic (exact) mass is 1170 g/mol. The highest BCUT2D eigenvalue weighted by atomic mass is 32.2. The van der Waals surface area contributed by atoms with Gasteiger partial charge in [-0.25, -0.2) is 14.4 Å². The molecule has 2 saturated heterocycles. The fraction of sp³-hybridized carbons (Fsp3) is 0.815. The maximum Gasteiger partial charge on any atom is 0.344 e. The number of esters is 2. The van der Waals surface area contributed by atoms with Crippen LogP contribution in [0.4, 0.5) is 4.79 Å². The Balaban J connectivity index is 0.922. The molecule has 2 aliphatic heterocycles. The molecule has 2 fully saturated rings. The van der Waals surface area contributed by atoms with Crippen LogP contribution in [0.5, 0.6) is 11.5 Å². The Kier molecular flexibility index (Phi) is 45.0. The zero-order chi connectivity index (χ0) is 57.0. The SMILES string of the molecule is CCOC(=O)COc1cc(OCC(=O)OCC)cc(C(=O)NCCNCCCOCCOCCOCCOCCOCCOCCOCCOCCOCCOCCOCCOCCNCCCCC[C@@H]2SC[C@@H]3NC(=O)N[C@@H]32)c1. The Morgan fingerprint density at radius 2 is 0.887 bits per heavy atom. The molecule has 3 rings (SSSR count). The van der Waals surface area contributed by atoms with Crippen molar-refractivity contribution < 1.29 is 95.0 Å². The molecule has 3 amide bonds. The van der Waals surface area contributed by atoms with Gasteiger partial charge < -0.3 is 102 Å². The van der Waals surface area contributed by atoms with E-state index >= 15 is 0 Å². The van der Waals surface area contributed by atoms with Crippen LogP contribution < -0.4 is 36.1 Å². The highest BCUT2D eigenvalue weighted by Gasteiger charge is 2.42. The summed E-state index contributed by atoms with van der Waals surface area (Å²) in [4.78, 5) is 47.9. The lowest BCUT2D eigenvalue weighted by molar-refractivity contribution is -0.146. The van der Waals surface area contributed by atoms with Crippen LogP contribution in [-0.2, 0) is 75.9 Å². The Morgan fingerprint density at radius 1 is 0.475 bits per heavy atom. The summed E-state index contributed by atoms with van der Waals surface area (Å²) in [6.07, 6.45) is 5.48. The fourth-order valence-electron chi connectivity index (χ4n) is 7.56. The molecule has 1 aromatic carbocycles. The van der Waals surface area contributed by atoms with Gasteiger partial charge in [0.25, 0.3) is 5.91 Å². The van der Waals surface area contributed by atoms with Gasteiger partial charge in [-0.05, 0) is 58.3 Å². The van der Waals surface area contributed by atoms with Gasteiger partial charge in [0.2, 0.25) is 0 Å². The van der Waals surface area contributed by atoms with Crippen molar-refractivity contribution in [3.8, 4) is 11.5 Å². The molecule has 2 heterocycles. The minimum Gasteiger partial charge on any atom is -0.482 e. The Labute approximate surface area is 477 Å². The quantitative estimate of drug-likeness (QED) is 0.0353. The number of unbranched alkanes of at least 4 members (excludes halogenated alkanes) is 2. The summed E-state index contributed by atoms with van der Waals surface area (Å²) in [5.74, 6) is -0.0521. The van der Waals surface area contributed by atoms with Gasteiger partial charge in [-0.15, -0.1) is 0 Å². The van der Waals surface area contributed by atoms with E-state index in [-0.39, 0.29) is 55.4 Å². The van der Waals surface area contributed by atoms with Gasteiger partial charge in [0, 0.05) is 48.9 Å². The minimum atomic E-state index is -0.556. The molecule has 0 bridgehead atoms. The van der Waals surface area contributed by atoms with Gasteiger partial charge in [-0.3, -0.25) is 4.79 Å². The van der Waals surface area contributed by atoms with Crippen molar-refractivity contribution in [1.29, 1.82) is 0 Å². The molecule has 0 aromatic heterocycles. The molecule has 26 heteroatoms. The zero-order valence-electron chi connectivity index (χ0n) is 47.6. The number of thioether (sulfide) groups is 1. The molecule has 1 aromatic rings. The molecule has 3 atom stereocenters. The highest BCUT2D eigenvalue weighted by molar-refractivity contribution is 8.00. The normalized spacial score (nSPS) is 15.6. The van der Waals surface area contributed by atoms with Gasteiger partial charge in [-0.1, -0.05) is 12.8 Å². The van der Waals surface area contributed by atoms with Gasteiger partial charge in [0.05, 0.1) is 177 Å². The summed E-state index contributed by atoms with van der Waals surface area (Å²) in [7, 11) is 0. The summed E-state index contributed by atoms with van der Waals surface area (Å²) in [6.45, 7) is 18.5. The van der Waals surface area contributed by atoms with Crippen molar-refractivity contribution in [3.05, 3.63) is 23.8 Å². The maximum absolute atomic E-state index is 12.9. The number of carbonyl (C=O) groups excluding carboxylic acids is 4. The predicted octanol–water partition coefficient (Wildman–Crippen LogP) is 1.79. The number of urea groups is 1. The fourth-order valence-corrected chi connectivity index (χ4v) is 9.10. The lowest BCUT2D eigenvalue weighted by Crippen LogP contribution is -2.36. The van der Waals surface area contributed by atoms with E-state index in [4.69, 9.17) is 75.8 Å². The summed E-state index contributed by atoms with van der Waals surface area (Å²) >= 11 is 1.98. The molecular weight excluding hydrogens is 1070 g/mol. The molecule has 80 heavy (non-hydrogen) atoms. The van der Waals surface area contributed by atoms with Gasteiger partial charge >= 0.3 is 18.0 Å². The molecule has 0 spiro atoms. The standard InChI is InChI=1S/C54H95N5O20S/c1-3-76-50(60)42-78-46-39-45(40-47(41-46)79-43-51(61)77-4-2)53(62)57-13-12-55-11-8-15-64-17-19-66-21-23-68-25-27-70-29-31-72-33-35-74-37-38-75-36-34-73-32-30-71-28-26-69-24-22-67-20-18-65-16-14-56-10-7-5-6-9-49-52-48(44-80-49)58-54(63)59-52/h39-41,48-49,52,55-56H,3-38,42-44H2,1-2H3,(H,57,62)(H2,58,59,63)/t48-,49-,52-/m0/s1. The summed E-state index contributed by atoms with van der Waals surface area (Å²) in [5, 5.41) is 16.1. The number of rotatable bonds is 58. The third kappa shape index (κ3) is 38.9. The van der Waals surface area contributed by atoms with Crippen molar-refractivity contribution in [2.75, 3.05) is 223 Å². The van der Waals surface area contributed by atoms with E-state index in [1.54, 1.807) is 13.8 Å². The number of hydrogen-bond donors (Lipinski definition) is 5. The number of fused-ring (bicyclic) bond motifs is 1. The third-order valence-corrected chi connectivity index (χ3v) is 13.0. The molecule has 5 N–H and O–H groups in total. The number of carbonyl (C=O) groups is 4. The molecule has 462 valence electrons. The first-order chi connectivity index (χ1) is 39.4. The molecule has 0 unspecified atom stereocenters. The first kappa shape index (κ1) is 70.6. The van der Waals surface area contributed by atoms with Crippen molar-refractivity contribution in [2.45, 2.75) is 63.3 Å². The van der Waals surface area contributed by atoms with Gasteiger partial charge in [0.1, 0.15) is 11.5 Å². The Bertz CT molecular complexity index is 1660. The van der Waals surface area contributed by atoms with Crippen molar-refractivity contribution in [3.63, 3.8) is 0 Å². The minimum absolute atomic E-state index is 0.0123. The second-order valence-corrected chi connectivity index (χ2v) is 19.1. The Hall–Kier alpha value is -3.71. The topological polar surface area (TPSA) is 276 Å². The number of benzene rings is 1. The maximum atomic E-state index is 12.9. The van der Waals surface area contributed by atoms with Crippen LogP contribution in [0.1, 0.15) is 56.3 Å². The number of nitrogens with one attached hydrogen (secondary N) is 5. The largest absolute Gasteiger partial charge is 0.482 e. The van der Waals surface area contributed by atoms with E-state index in [1.807, 2.05) is 11.8 Å². The molecular formula is C54H95N5O20S. The van der Waals surface area contributed by atoms with Crippen LogP contribution in [0, 0.1) is 0 Å². The first-order valence-corrected chi connectivity index (χ1v) is 29.5. The van der Waals surface area contributed by atoms with E-state index in [9.17, 15) is 19.2 Å². The average molecular weight is 1170 g/mol. The lowest BCUT2D eigenvalue weighted by Gasteiger charge is -2.16. The van der Waals surface area contributed by atoms with Gasteiger partial charge in [-0.2, -0.15) is 11.8 Å². The second-order valence-electron chi connectivity index (χ2n) is 17.8. The summed E-state index contributed by atoms with van der Waals surface area (Å²) in [5.41, 5.74) is 0.234. The van der Waals surface area contributed by atoms with Crippen LogP contribution in [0.15, 0.2) is 18.2 Å². The molecule has 2 aliphatic rings. The van der Waals surface area contributed by atoms with E-state index in [0.717, 1.165) is 38.1 Å². The number of amides is 3. The van der Waals surface area contributed by atoms with Crippen LogP contribution in [0.2, 0.25) is 0 Å². The third-order valence-electron chi connectivity index (χ3n) is 11.5. The van der Waals surface area contributed by atoms with E-state index in [2.05, 4.69) is 26.6 Å². The highest BCUT2D eigenvalue weighted by Crippen LogP contribution is 2.33. The molecule has 25 nitrogen and oxygen atoms in total. The van der Waals surface area contributed by atoms with Crippen molar-refractivity contribution in [2.24, 2.45) is 0 Å². The van der Waals surface area contributed by atoms with Crippen LogP contribution in [-0.4, -0.2) is 265 Å². The predicted molar refractivity (Wildman–Crippen MR) is 297 cm³/mol. The van der Waals surface area contributed by atoms with E-state index in [1.165, 1.54) is 31.0 Å². The van der Waals surface area contributed by atoms with Crippen LogP contribution in [0.25, 0.3) is 0 Å². The Morgan fingerprint density at radius 3 is 1.34 bits per heavy atom. The molecule has 0 saturated carbocycles. The zero-order valence-corrected chi connectivity index (χ0v) is 48.4. The first-order valence-electron chi connectivity index (χ1n) is 28.4. The van der Waals surface area contributed by atoms with E-state index in [0.29, 0.717) is 196 Å². The van der Waals surface area contributed by atoms with Gasteiger partial charge in [0.15, 0.2) is 13.2 Å². The summed E-state index contributed by atoms with van der Waals surface area (Å²) < 4.78 is 87.4. The lowest BCUT2D eigenvalue weighted by atomic mass is 10.0.